The summed E-state index contributed by atoms with van der Waals surface area (Å²) in [5, 5.41) is 3.53. The third-order valence-corrected chi connectivity index (χ3v) is 1.81. The van der Waals surface area contributed by atoms with E-state index in [4.69, 9.17) is 11.3 Å². The predicted octanol–water partition coefficient (Wildman–Crippen LogP) is 2.83. The largest absolute Gasteiger partial charge is 0.399 e. The van der Waals surface area contributed by atoms with Gasteiger partial charge in [-0.25, -0.2) is 0 Å². The van der Waals surface area contributed by atoms with Crippen molar-refractivity contribution in [2.45, 2.75) is 13.8 Å². The van der Waals surface area contributed by atoms with E-state index in [0.29, 0.717) is 11.4 Å². The van der Waals surface area contributed by atoms with Crippen LogP contribution in [0.5, 0.6) is 0 Å². The number of hydrogen-bond acceptors (Lipinski definition) is 2. The molecule has 0 atom stereocenters. The van der Waals surface area contributed by atoms with Crippen molar-refractivity contribution >= 4 is 11.4 Å². The summed E-state index contributed by atoms with van der Waals surface area (Å²) in [6.07, 6.45) is 0. The van der Waals surface area contributed by atoms with Gasteiger partial charge in [-0.15, -0.1) is 0 Å². The number of nitrogen functional groups attached to an aromatic ring is 1. The van der Waals surface area contributed by atoms with E-state index in [1.807, 2.05) is 19.9 Å². The summed E-state index contributed by atoms with van der Waals surface area (Å²) in [6.45, 7) is 3.83. The highest BCUT2D eigenvalue weighted by Crippen LogP contribution is 2.24. The Kier molecular flexibility index (Phi) is 2.21. The van der Waals surface area contributed by atoms with Crippen LogP contribution >= 0.6 is 0 Å². The standard InChI is InChI=1S/C8H10N4/c1-5-3-7(9)4-8(6(5)2)11-12-10/h3-4H,9H2,1-2H3. The van der Waals surface area contributed by atoms with Gasteiger partial charge in [0.05, 0.1) is 0 Å². The highest BCUT2D eigenvalue weighted by Gasteiger charge is 1.99. The molecular formula is C8H10N4. The van der Waals surface area contributed by atoms with Gasteiger partial charge in [0.15, 0.2) is 0 Å². The quantitative estimate of drug-likeness (QED) is 0.293. The zero-order chi connectivity index (χ0) is 9.14. The van der Waals surface area contributed by atoms with Crippen molar-refractivity contribution in [3.63, 3.8) is 0 Å². The van der Waals surface area contributed by atoms with Crippen molar-refractivity contribution in [3.05, 3.63) is 33.7 Å². The monoisotopic (exact) mass is 162 g/mol. The fraction of sp³-hybridized carbons (Fsp3) is 0.250. The lowest BCUT2D eigenvalue weighted by molar-refractivity contribution is 1.30. The van der Waals surface area contributed by atoms with Crippen LogP contribution in [0.4, 0.5) is 11.4 Å². The van der Waals surface area contributed by atoms with Gasteiger partial charge in [0.1, 0.15) is 0 Å². The summed E-state index contributed by atoms with van der Waals surface area (Å²) < 4.78 is 0. The molecule has 0 radical (unpaired) electrons. The number of hydrogen-bond donors (Lipinski definition) is 1. The van der Waals surface area contributed by atoms with Gasteiger partial charge >= 0.3 is 0 Å². The van der Waals surface area contributed by atoms with Gasteiger partial charge in [0.25, 0.3) is 0 Å². The van der Waals surface area contributed by atoms with E-state index in [1.165, 1.54) is 0 Å². The molecule has 2 N–H and O–H groups in total. The van der Waals surface area contributed by atoms with E-state index in [-0.39, 0.29) is 0 Å². The van der Waals surface area contributed by atoms with Crippen LogP contribution in [0.1, 0.15) is 11.1 Å². The summed E-state index contributed by atoms with van der Waals surface area (Å²) in [5.74, 6) is 0. The Morgan fingerprint density at radius 3 is 2.67 bits per heavy atom. The van der Waals surface area contributed by atoms with E-state index in [9.17, 15) is 0 Å². The Labute approximate surface area is 70.6 Å². The predicted molar refractivity (Wildman–Crippen MR) is 49.1 cm³/mol. The number of azide groups is 1. The van der Waals surface area contributed by atoms with E-state index in [0.717, 1.165) is 11.1 Å². The Hall–Kier alpha value is -1.67. The smallest absolute Gasteiger partial charge is 0.0427 e. The van der Waals surface area contributed by atoms with Crippen LogP contribution < -0.4 is 5.73 Å². The highest BCUT2D eigenvalue weighted by molar-refractivity contribution is 5.58. The van der Waals surface area contributed by atoms with Crippen LogP contribution in [0.25, 0.3) is 10.4 Å². The maximum Gasteiger partial charge on any atom is 0.0427 e. The third kappa shape index (κ3) is 1.49. The molecule has 1 rings (SSSR count). The van der Waals surface area contributed by atoms with Crippen molar-refractivity contribution in [2.75, 3.05) is 5.73 Å². The van der Waals surface area contributed by atoms with Crippen molar-refractivity contribution in [2.24, 2.45) is 5.11 Å². The minimum absolute atomic E-state index is 0.606. The number of aryl methyl sites for hydroxylation is 1. The number of anilines is 1. The molecule has 0 unspecified atom stereocenters. The molecule has 12 heavy (non-hydrogen) atoms. The first kappa shape index (κ1) is 8.43. The van der Waals surface area contributed by atoms with Gasteiger partial charge in [-0.05, 0) is 42.6 Å². The van der Waals surface area contributed by atoms with Gasteiger partial charge in [-0.1, -0.05) is 5.11 Å². The molecule has 0 bridgehead atoms. The number of benzene rings is 1. The van der Waals surface area contributed by atoms with Crippen molar-refractivity contribution in [1.29, 1.82) is 0 Å². The molecule has 0 heterocycles. The maximum absolute atomic E-state index is 8.24. The molecule has 0 aliphatic rings. The lowest BCUT2D eigenvalue weighted by Gasteiger charge is -2.04. The molecule has 4 nitrogen and oxygen atoms in total. The van der Waals surface area contributed by atoms with Gasteiger partial charge < -0.3 is 5.73 Å². The Bertz CT molecular complexity index is 350. The van der Waals surface area contributed by atoms with E-state index in [1.54, 1.807) is 6.07 Å². The summed E-state index contributed by atoms with van der Waals surface area (Å²) in [7, 11) is 0. The third-order valence-electron chi connectivity index (χ3n) is 1.81. The Morgan fingerprint density at radius 1 is 1.42 bits per heavy atom. The van der Waals surface area contributed by atoms with Crippen LogP contribution in [0.3, 0.4) is 0 Å². The van der Waals surface area contributed by atoms with Gasteiger partial charge in [-0.3, -0.25) is 0 Å². The fourth-order valence-corrected chi connectivity index (χ4v) is 1.02. The van der Waals surface area contributed by atoms with Crippen LogP contribution in [-0.4, -0.2) is 0 Å². The first-order valence-corrected chi connectivity index (χ1v) is 3.57. The molecule has 1 aromatic rings. The zero-order valence-electron chi connectivity index (χ0n) is 7.07. The van der Waals surface area contributed by atoms with E-state index < -0.39 is 0 Å². The molecule has 0 fully saturated rings. The molecular weight excluding hydrogens is 152 g/mol. The van der Waals surface area contributed by atoms with Crippen LogP contribution in [-0.2, 0) is 0 Å². The SMILES string of the molecule is Cc1cc(N)cc(N=[N+]=[N-])c1C. The molecule has 62 valence electrons. The number of rotatable bonds is 1. The molecule has 0 aromatic heterocycles. The molecule has 1 aromatic carbocycles. The summed E-state index contributed by atoms with van der Waals surface area (Å²) in [4.78, 5) is 2.72. The van der Waals surface area contributed by atoms with Crippen molar-refractivity contribution in [3.8, 4) is 0 Å². The minimum atomic E-state index is 0.606. The second-order valence-electron chi connectivity index (χ2n) is 2.67. The zero-order valence-corrected chi connectivity index (χ0v) is 7.07. The number of nitrogens with two attached hydrogens (primary N) is 1. The van der Waals surface area contributed by atoms with E-state index in [2.05, 4.69) is 10.0 Å². The van der Waals surface area contributed by atoms with Gasteiger partial charge in [-0.2, -0.15) is 0 Å². The lowest BCUT2D eigenvalue weighted by Crippen LogP contribution is -1.88. The average Bonchev–Trinajstić information content (AvgIpc) is 2.00. The summed E-state index contributed by atoms with van der Waals surface area (Å²) >= 11 is 0. The molecule has 0 saturated heterocycles. The normalized spacial score (nSPS) is 9.17. The second-order valence-corrected chi connectivity index (χ2v) is 2.67. The first-order valence-electron chi connectivity index (χ1n) is 3.57. The molecule has 0 aliphatic carbocycles. The summed E-state index contributed by atoms with van der Waals surface area (Å²) in [5.41, 5.74) is 17.1. The Morgan fingerprint density at radius 2 is 2.08 bits per heavy atom. The number of nitrogens with zero attached hydrogens (tertiary/aromatic N) is 3. The highest BCUT2D eigenvalue weighted by atomic mass is 15.1. The molecule has 4 heteroatoms. The van der Waals surface area contributed by atoms with Gasteiger partial charge in [0.2, 0.25) is 0 Å². The average molecular weight is 162 g/mol. The maximum atomic E-state index is 8.24. The van der Waals surface area contributed by atoms with Crippen LogP contribution in [0.2, 0.25) is 0 Å². The van der Waals surface area contributed by atoms with E-state index >= 15 is 0 Å². The molecule has 0 aliphatic heterocycles. The van der Waals surface area contributed by atoms with Crippen LogP contribution in [0, 0.1) is 13.8 Å². The molecule has 0 amide bonds. The molecule has 0 spiro atoms. The van der Waals surface area contributed by atoms with Crippen LogP contribution in [0.15, 0.2) is 17.2 Å². The first-order chi connectivity index (χ1) is 5.65. The topological polar surface area (TPSA) is 74.8 Å². The van der Waals surface area contributed by atoms with Crippen molar-refractivity contribution < 1.29 is 0 Å². The minimum Gasteiger partial charge on any atom is -0.399 e. The Balaban J connectivity index is 3.36. The van der Waals surface area contributed by atoms with Crippen molar-refractivity contribution in [1.82, 2.24) is 0 Å². The fourth-order valence-electron chi connectivity index (χ4n) is 1.02. The summed E-state index contributed by atoms with van der Waals surface area (Å²) in [6, 6.07) is 3.52. The second kappa shape index (κ2) is 3.15. The molecule has 0 saturated carbocycles. The lowest BCUT2D eigenvalue weighted by atomic mass is 10.1. The van der Waals surface area contributed by atoms with Gasteiger partial charge in [0, 0.05) is 16.3 Å².